The Morgan fingerprint density at radius 3 is 2.12 bits per heavy atom. The quantitative estimate of drug-likeness (QED) is 0.744. The van der Waals surface area contributed by atoms with Gasteiger partial charge in [0.15, 0.2) is 0 Å². The standard InChI is InChI=1S/C13H25NO2/c1-11(2,3)16-10(15)14-13(6)9-7-8-12(13,4)5/h7-9H2,1-6H3,(H,14,15)/t13-/m1/s1. The Labute approximate surface area is 98.9 Å². The number of ether oxygens (including phenoxy) is 1. The summed E-state index contributed by atoms with van der Waals surface area (Å²) >= 11 is 0. The van der Waals surface area contributed by atoms with Crippen LogP contribution in [0.4, 0.5) is 4.79 Å². The van der Waals surface area contributed by atoms with Gasteiger partial charge in [-0.3, -0.25) is 0 Å². The second-order valence-electron chi connectivity index (χ2n) is 6.70. The van der Waals surface area contributed by atoms with Crippen LogP contribution in [0.25, 0.3) is 0 Å². The number of carbonyl (C=O) groups excluding carboxylic acids is 1. The molecule has 0 saturated heterocycles. The fourth-order valence-corrected chi connectivity index (χ4v) is 2.26. The molecule has 0 bridgehead atoms. The monoisotopic (exact) mass is 227 g/mol. The van der Waals surface area contributed by atoms with Crippen molar-refractivity contribution >= 4 is 6.09 Å². The average Bonchev–Trinajstić information content (AvgIpc) is 2.21. The fraction of sp³-hybridized carbons (Fsp3) is 0.923. The van der Waals surface area contributed by atoms with Crippen LogP contribution in [0.15, 0.2) is 0 Å². The molecule has 3 nitrogen and oxygen atoms in total. The molecule has 1 fully saturated rings. The van der Waals surface area contributed by atoms with E-state index in [1.807, 2.05) is 20.8 Å². The average molecular weight is 227 g/mol. The van der Waals surface area contributed by atoms with Gasteiger partial charge < -0.3 is 10.1 Å². The zero-order valence-electron chi connectivity index (χ0n) is 11.4. The highest BCUT2D eigenvalue weighted by Gasteiger charge is 2.46. The highest BCUT2D eigenvalue weighted by molar-refractivity contribution is 5.69. The third kappa shape index (κ3) is 2.89. The molecule has 1 saturated carbocycles. The molecule has 1 rings (SSSR count). The summed E-state index contributed by atoms with van der Waals surface area (Å²) in [7, 11) is 0. The van der Waals surface area contributed by atoms with Crippen LogP contribution in [0, 0.1) is 5.41 Å². The molecular formula is C13H25NO2. The van der Waals surface area contributed by atoms with E-state index in [2.05, 4.69) is 26.1 Å². The summed E-state index contributed by atoms with van der Waals surface area (Å²) in [6.07, 6.45) is 3.04. The molecule has 1 amide bonds. The molecule has 0 aromatic rings. The summed E-state index contributed by atoms with van der Waals surface area (Å²) in [5, 5.41) is 3.04. The van der Waals surface area contributed by atoms with E-state index in [-0.39, 0.29) is 17.0 Å². The lowest BCUT2D eigenvalue weighted by Gasteiger charge is -2.39. The van der Waals surface area contributed by atoms with Crippen molar-refractivity contribution in [2.45, 2.75) is 71.9 Å². The van der Waals surface area contributed by atoms with E-state index in [0.717, 1.165) is 12.8 Å². The maximum Gasteiger partial charge on any atom is 0.408 e. The van der Waals surface area contributed by atoms with Crippen LogP contribution in [0.5, 0.6) is 0 Å². The van der Waals surface area contributed by atoms with Crippen molar-refractivity contribution in [3.8, 4) is 0 Å². The maximum absolute atomic E-state index is 11.8. The van der Waals surface area contributed by atoms with Crippen molar-refractivity contribution in [1.29, 1.82) is 0 Å². The summed E-state index contributed by atoms with van der Waals surface area (Å²) in [5.74, 6) is 0. The first-order valence-electron chi connectivity index (χ1n) is 6.07. The number of hydrogen-bond acceptors (Lipinski definition) is 2. The Hall–Kier alpha value is -0.730. The topological polar surface area (TPSA) is 38.3 Å². The summed E-state index contributed by atoms with van der Waals surface area (Å²) in [6.45, 7) is 12.2. The Bertz CT molecular complexity index is 278. The molecule has 0 radical (unpaired) electrons. The number of alkyl carbamates (subject to hydrolysis) is 1. The molecule has 0 aromatic heterocycles. The molecule has 0 heterocycles. The Kier molecular flexibility index (Phi) is 3.28. The summed E-state index contributed by atoms with van der Waals surface area (Å²) < 4.78 is 5.31. The first-order chi connectivity index (χ1) is 7.06. The van der Waals surface area contributed by atoms with Crippen molar-refractivity contribution in [1.82, 2.24) is 5.32 Å². The Morgan fingerprint density at radius 1 is 1.19 bits per heavy atom. The van der Waals surface area contributed by atoms with Crippen molar-refractivity contribution in [2.24, 2.45) is 5.41 Å². The lowest BCUT2D eigenvalue weighted by atomic mass is 9.76. The van der Waals surface area contributed by atoms with E-state index in [9.17, 15) is 4.79 Å². The van der Waals surface area contributed by atoms with Crippen LogP contribution < -0.4 is 5.32 Å². The summed E-state index contributed by atoms with van der Waals surface area (Å²) in [6, 6.07) is 0. The van der Waals surface area contributed by atoms with Crippen molar-refractivity contribution < 1.29 is 9.53 Å². The lowest BCUT2D eigenvalue weighted by molar-refractivity contribution is 0.0388. The van der Waals surface area contributed by atoms with E-state index in [1.165, 1.54) is 6.42 Å². The van der Waals surface area contributed by atoms with Crippen LogP contribution in [0.2, 0.25) is 0 Å². The number of nitrogens with one attached hydrogen (secondary N) is 1. The summed E-state index contributed by atoms with van der Waals surface area (Å²) in [4.78, 5) is 11.8. The molecule has 0 unspecified atom stereocenters. The molecule has 0 aromatic carbocycles. The fourth-order valence-electron chi connectivity index (χ4n) is 2.26. The molecule has 1 atom stereocenters. The lowest BCUT2D eigenvalue weighted by Crippen LogP contribution is -2.53. The van der Waals surface area contributed by atoms with Gasteiger partial charge in [0.2, 0.25) is 0 Å². The molecule has 3 heteroatoms. The van der Waals surface area contributed by atoms with Gasteiger partial charge in [0, 0.05) is 5.54 Å². The van der Waals surface area contributed by atoms with E-state index < -0.39 is 5.60 Å². The van der Waals surface area contributed by atoms with E-state index in [0.29, 0.717) is 0 Å². The molecule has 16 heavy (non-hydrogen) atoms. The zero-order chi connectivity index (χ0) is 12.6. The second kappa shape index (κ2) is 3.94. The number of hydrogen-bond donors (Lipinski definition) is 1. The van der Waals surface area contributed by atoms with Crippen molar-refractivity contribution in [3.63, 3.8) is 0 Å². The van der Waals surface area contributed by atoms with Crippen LogP contribution in [0.1, 0.15) is 60.8 Å². The van der Waals surface area contributed by atoms with E-state index in [1.54, 1.807) is 0 Å². The van der Waals surface area contributed by atoms with Gasteiger partial charge >= 0.3 is 6.09 Å². The SMILES string of the molecule is CC(C)(C)OC(=O)N[C@]1(C)CCCC1(C)C. The van der Waals surface area contributed by atoms with Gasteiger partial charge in [-0.25, -0.2) is 4.79 Å². The third-order valence-electron chi connectivity index (χ3n) is 3.75. The van der Waals surface area contributed by atoms with Gasteiger partial charge in [0.05, 0.1) is 0 Å². The van der Waals surface area contributed by atoms with Gasteiger partial charge in [-0.1, -0.05) is 20.3 Å². The highest BCUT2D eigenvalue weighted by atomic mass is 16.6. The summed E-state index contributed by atoms with van der Waals surface area (Å²) in [5.41, 5.74) is -0.428. The molecule has 1 N–H and O–H groups in total. The maximum atomic E-state index is 11.8. The first-order valence-corrected chi connectivity index (χ1v) is 6.07. The van der Waals surface area contributed by atoms with Gasteiger partial charge in [-0.2, -0.15) is 0 Å². The van der Waals surface area contributed by atoms with E-state index in [4.69, 9.17) is 4.74 Å². The second-order valence-corrected chi connectivity index (χ2v) is 6.70. The minimum Gasteiger partial charge on any atom is -0.444 e. The molecular weight excluding hydrogens is 202 g/mol. The smallest absolute Gasteiger partial charge is 0.408 e. The first kappa shape index (κ1) is 13.3. The molecule has 1 aliphatic rings. The van der Waals surface area contributed by atoms with Gasteiger partial charge in [-0.15, -0.1) is 0 Å². The number of carbonyl (C=O) groups is 1. The molecule has 1 aliphatic carbocycles. The highest BCUT2D eigenvalue weighted by Crippen LogP contribution is 2.45. The molecule has 0 aliphatic heterocycles. The predicted molar refractivity (Wildman–Crippen MR) is 65.4 cm³/mol. The third-order valence-corrected chi connectivity index (χ3v) is 3.75. The van der Waals surface area contributed by atoms with Crippen LogP contribution in [0.3, 0.4) is 0 Å². The molecule has 94 valence electrons. The van der Waals surface area contributed by atoms with Gasteiger partial charge in [0.1, 0.15) is 5.60 Å². The number of rotatable bonds is 1. The van der Waals surface area contributed by atoms with E-state index >= 15 is 0 Å². The Morgan fingerprint density at radius 2 is 1.75 bits per heavy atom. The Balaban J connectivity index is 2.63. The molecule has 0 spiro atoms. The van der Waals surface area contributed by atoms with Crippen LogP contribution >= 0.6 is 0 Å². The van der Waals surface area contributed by atoms with Crippen LogP contribution in [-0.4, -0.2) is 17.2 Å². The predicted octanol–water partition coefficient (Wildman–Crippen LogP) is 3.48. The van der Waals surface area contributed by atoms with Crippen LogP contribution in [-0.2, 0) is 4.74 Å². The largest absolute Gasteiger partial charge is 0.444 e. The van der Waals surface area contributed by atoms with Gasteiger partial charge in [0.25, 0.3) is 0 Å². The zero-order valence-corrected chi connectivity index (χ0v) is 11.4. The normalized spacial score (nSPS) is 28.9. The van der Waals surface area contributed by atoms with Crippen molar-refractivity contribution in [2.75, 3.05) is 0 Å². The van der Waals surface area contributed by atoms with Gasteiger partial charge in [-0.05, 0) is 46.0 Å². The minimum absolute atomic E-state index is 0.143. The number of amides is 1. The minimum atomic E-state index is -0.427. The van der Waals surface area contributed by atoms with Crippen molar-refractivity contribution in [3.05, 3.63) is 0 Å².